The molecule has 0 aromatic carbocycles. The molecule has 0 bridgehead atoms. The van der Waals surface area contributed by atoms with Gasteiger partial charge < -0.3 is 10.1 Å². The number of aromatic nitrogens is 1. The van der Waals surface area contributed by atoms with Crippen molar-refractivity contribution in [3.05, 3.63) is 17.3 Å². The lowest BCUT2D eigenvalue weighted by Gasteiger charge is -2.31. The van der Waals surface area contributed by atoms with E-state index >= 15 is 0 Å². The first-order chi connectivity index (χ1) is 9.48. The number of nitrogens with zero attached hydrogens (tertiary/aromatic N) is 2. The molecule has 1 atom stereocenters. The minimum Gasteiger partial charge on any atom is -0.375 e. The summed E-state index contributed by atoms with van der Waals surface area (Å²) in [5.41, 5.74) is 0. The van der Waals surface area contributed by atoms with Gasteiger partial charge in [0.05, 0.1) is 17.7 Å². The van der Waals surface area contributed by atoms with E-state index in [1.54, 1.807) is 7.05 Å². The van der Waals surface area contributed by atoms with Gasteiger partial charge in [-0.25, -0.2) is 13.4 Å². The standard InChI is InChI=1S/C12H18ClN3O3S/c1-3-9-8-16(4-5-19-9)20(17,18)10-6-11(13)12(14-2)15-7-10/h6-7,9H,3-5,8H2,1-2H3,(H,14,15). The molecule has 6 nitrogen and oxygen atoms in total. The van der Waals surface area contributed by atoms with Gasteiger partial charge in [0, 0.05) is 26.3 Å². The fourth-order valence-corrected chi connectivity index (χ4v) is 3.81. The van der Waals surface area contributed by atoms with Gasteiger partial charge in [-0.2, -0.15) is 4.31 Å². The minimum absolute atomic E-state index is 0.0569. The lowest BCUT2D eigenvalue weighted by atomic mass is 10.2. The Morgan fingerprint density at radius 3 is 2.95 bits per heavy atom. The molecule has 1 unspecified atom stereocenters. The van der Waals surface area contributed by atoms with Crippen molar-refractivity contribution in [2.45, 2.75) is 24.3 Å². The van der Waals surface area contributed by atoms with Crippen molar-refractivity contribution in [2.75, 3.05) is 32.1 Å². The number of nitrogens with one attached hydrogen (secondary N) is 1. The molecule has 2 rings (SSSR count). The number of halogens is 1. The predicted molar refractivity (Wildman–Crippen MR) is 77.6 cm³/mol. The second kappa shape index (κ2) is 6.26. The highest BCUT2D eigenvalue weighted by Gasteiger charge is 2.30. The maximum absolute atomic E-state index is 12.6. The Morgan fingerprint density at radius 1 is 1.60 bits per heavy atom. The number of hydrogen-bond acceptors (Lipinski definition) is 5. The topological polar surface area (TPSA) is 71.5 Å². The van der Waals surface area contributed by atoms with E-state index < -0.39 is 10.0 Å². The second-order valence-corrected chi connectivity index (χ2v) is 6.86. The van der Waals surface area contributed by atoms with Crippen LogP contribution in [0.4, 0.5) is 5.82 Å². The van der Waals surface area contributed by atoms with Crippen molar-refractivity contribution in [2.24, 2.45) is 0 Å². The molecular formula is C12H18ClN3O3S. The third kappa shape index (κ3) is 3.06. The van der Waals surface area contributed by atoms with Gasteiger partial charge >= 0.3 is 0 Å². The zero-order chi connectivity index (χ0) is 14.8. The van der Waals surface area contributed by atoms with Crippen molar-refractivity contribution in [3.8, 4) is 0 Å². The van der Waals surface area contributed by atoms with E-state index in [1.807, 2.05) is 6.92 Å². The molecule has 0 spiro atoms. The molecule has 0 aliphatic carbocycles. The van der Waals surface area contributed by atoms with E-state index in [2.05, 4.69) is 10.3 Å². The van der Waals surface area contributed by atoms with Crippen LogP contribution >= 0.6 is 11.6 Å². The van der Waals surface area contributed by atoms with Crippen molar-refractivity contribution in [3.63, 3.8) is 0 Å². The third-order valence-corrected chi connectivity index (χ3v) is 5.37. The molecule has 1 aliphatic heterocycles. The molecule has 1 aromatic heterocycles. The molecule has 1 saturated heterocycles. The first kappa shape index (κ1) is 15.5. The third-order valence-electron chi connectivity index (χ3n) is 3.25. The largest absolute Gasteiger partial charge is 0.375 e. The molecule has 1 aliphatic rings. The number of morpholine rings is 1. The molecule has 112 valence electrons. The van der Waals surface area contributed by atoms with Gasteiger partial charge in [0.1, 0.15) is 10.7 Å². The first-order valence-electron chi connectivity index (χ1n) is 6.44. The number of rotatable bonds is 4. The van der Waals surface area contributed by atoms with E-state index in [-0.39, 0.29) is 16.0 Å². The van der Waals surface area contributed by atoms with Crippen LogP contribution < -0.4 is 5.32 Å². The molecule has 20 heavy (non-hydrogen) atoms. The van der Waals surface area contributed by atoms with Crippen molar-refractivity contribution in [1.82, 2.24) is 9.29 Å². The summed E-state index contributed by atoms with van der Waals surface area (Å²) in [6.45, 7) is 3.10. The molecule has 1 N–H and O–H groups in total. The van der Waals surface area contributed by atoms with Gasteiger partial charge in [-0.05, 0) is 12.5 Å². The molecular weight excluding hydrogens is 302 g/mol. The molecule has 0 radical (unpaired) electrons. The zero-order valence-corrected chi connectivity index (χ0v) is 13.0. The second-order valence-electron chi connectivity index (χ2n) is 4.52. The van der Waals surface area contributed by atoms with Crippen LogP contribution in [0.5, 0.6) is 0 Å². The Balaban J connectivity index is 2.28. The number of hydrogen-bond donors (Lipinski definition) is 1. The number of anilines is 1. The SMILES string of the molecule is CCC1CN(S(=O)(=O)c2cnc(NC)c(Cl)c2)CCO1. The Kier molecular flexibility index (Phi) is 4.85. The number of sulfonamides is 1. The van der Waals surface area contributed by atoms with Crippen molar-refractivity contribution < 1.29 is 13.2 Å². The van der Waals surface area contributed by atoms with Crippen LogP contribution in [-0.2, 0) is 14.8 Å². The van der Waals surface area contributed by atoms with Crippen LogP contribution in [0.1, 0.15) is 13.3 Å². The van der Waals surface area contributed by atoms with Gasteiger partial charge in [-0.3, -0.25) is 0 Å². The van der Waals surface area contributed by atoms with Crippen LogP contribution in [0.3, 0.4) is 0 Å². The van der Waals surface area contributed by atoms with Crippen LogP contribution in [0.25, 0.3) is 0 Å². The summed E-state index contributed by atoms with van der Waals surface area (Å²) in [5, 5.41) is 3.08. The lowest BCUT2D eigenvalue weighted by molar-refractivity contribution is -0.00278. The van der Waals surface area contributed by atoms with Gasteiger partial charge in [0.25, 0.3) is 0 Å². The van der Waals surface area contributed by atoms with E-state index in [9.17, 15) is 8.42 Å². The zero-order valence-electron chi connectivity index (χ0n) is 11.5. The highest BCUT2D eigenvalue weighted by atomic mass is 35.5. The maximum atomic E-state index is 12.6. The first-order valence-corrected chi connectivity index (χ1v) is 8.26. The Morgan fingerprint density at radius 2 is 2.35 bits per heavy atom. The summed E-state index contributed by atoms with van der Waals surface area (Å²) in [6.07, 6.45) is 2.05. The summed E-state index contributed by atoms with van der Waals surface area (Å²) in [6, 6.07) is 1.42. The minimum atomic E-state index is -3.57. The van der Waals surface area contributed by atoms with E-state index in [0.717, 1.165) is 6.42 Å². The van der Waals surface area contributed by atoms with E-state index in [0.29, 0.717) is 25.5 Å². The predicted octanol–water partition coefficient (Wildman–Crippen LogP) is 1.58. The molecule has 0 saturated carbocycles. The quantitative estimate of drug-likeness (QED) is 0.912. The Labute approximate surface area is 124 Å². The Bertz CT molecular complexity index is 579. The molecule has 8 heteroatoms. The van der Waals surface area contributed by atoms with Crippen LogP contribution in [0, 0.1) is 0 Å². The molecule has 2 heterocycles. The van der Waals surface area contributed by atoms with E-state index in [4.69, 9.17) is 16.3 Å². The molecule has 0 amide bonds. The highest BCUT2D eigenvalue weighted by Crippen LogP contribution is 2.25. The summed E-state index contributed by atoms with van der Waals surface area (Å²) in [5.74, 6) is 0.457. The van der Waals surface area contributed by atoms with Gasteiger partial charge in [0.15, 0.2) is 0 Å². The summed E-state index contributed by atoms with van der Waals surface area (Å²) in [7, 11) is -1.90. The summed E-state index contributed by atoms with van der Waals surface area (Å²) < 4.78 is 32.0. The summed E-state index contributed by atoms with van der Waals surface area (Å²) >= 11 is 6.00. The average molecular weight is 320 g/mol. The van der Waals surface area contributed by atoms with Gasteiger partial charge in [0.2, 0.25) is 10.0 Å². The maximum Gasteiger partial charge on any atom is 0.244 e. The molecule has 1 aromatic rings. The number of ether oxygens (including phenoxy) is 1. The van der Waals surface area contributed by atoms with Crippen LogP contribution in [-0.4, -0.2) is 50.6 Å². The van der Waals surface area contributed by atoms with Gasteiger partial charge in [-0.15, -0.1) is 0 Å². The van der Waals surface area contributed by atoms with Crippen molar-refractivity contribution in [1.29, 1.82) is 0 Å². The lowest BCUT2D eigenvalue weighted by Crippen LogP contribution is -2.45. The van der Waals surface area contributed by atoms with Gasteiger partial charge in [-0.1, -0.05) is 18.5 Å². The summed E-state index contributed by atoms with van der Waals surface area (Å²) in [4.78, 5) is 4.13. The fourth-order valence-electron chi connectivity index (χ4n) is 2.05. The molecule has 1 fully saturated rings. The smallest absolute Gasteiger partial charge is 0.244 e. The van der Waals surface area contributed by atoms with E-state index in [1.165, 1.54) is 16.6 Å². The van der Waals surface area contributed by atoms with Crippen LogP contribution in [0.2, 0.25) is 5.02 Å². The fraction of sp³-hybridized carbons (Fsp3) is 0.583. The Hall–Kier alpha value is -0.890. The highest BCUT2D eigenvalue weighted by molar-refractivity contribution is 7.89. The number of pyridine rings is 1. The monoisotopic (exact) mass is 319 g/mol. The van der Waals surface area contributed by atoms with Crippen molar-refractivity contribution >= 4 is 27.4 Å². The normalized spacial score (nSPS) is 20.9. The van der Waals surface area contributed by atoms with Crippen LogP contribution in [0.15, 0.2) is 17.2 Å². The average Bonchev–Trinajstić information content (AvgIpc) is 2.47.